The zero-order valence-corrected chi connectivity index (χ0v) is 11.4. The highest BCUT2D eigenvalue weighted by Gasteiger charge is 2.32. The Bertz CT molecular complexity index is 444. The zero-order valence-electron chi connectivity index (χ0n) is 9.84. The molecular weight excluding hydrogens is 313 g/mol. The SMILES string of the molecule is COc1c(Br)cc(C(F)(F)F)cc1C(C)CC=O. The van der Waals surface area contributed by atoms with Crippen molar-refractivity contribution in [2.45, 2.75) is 25.4 Å². The van der Waals surface area contributed by atoms with Crippen LogP contribution in [0.15, 0.2) is 16.6 Å². The van der Waals surface area contributed by atoms with Crippen LogP contribution in [0.5, 0.6) is 5.75 Å². The van der Waals surface area contributed by atoms with Crippen molar-refractivity contribution in [3.05, 3.63) is 27.7 Å². The van der Waals surface area contributed by atoms with E-state index in [4.69, 9.17) is 4.74 Å². The zero-order chi connectivity index (χ0) is 13.9. The third-order valence-corrected chi connectivity index (χ3v) is 3.17. The number of hydrogen-bond donors (Lipinski definition) is 0. The van der Waals surface area contributed by atoms with Crippen LogP contribution in [0.2, 0.25) is 0 Å². The molecule has 0 radical (unpaired) electrons. The molecular formula is C12H12BrF3O2. The van der Waals surface area contributed by atoms with Crippen molar-refractivity contribution in [1.29, 1.82) is 0 Å². The van der Waals surface area contributed by atoms with Gasteiger partial charge in [-0.05, 0) is 39.5 Å². The number of carbonyl (C=O) groups is 1. The summed E-state index contributed by atoms with van der Waals surface area (Å²) in [5.74, 6) is -0.00611. The van der Waals surface area contributed by atoms with Crippen LogP contribution in [0.25, 0.3) is 0 Å². The maximum Gasteiger partial charge on any atom is 0.416 e. The standard InChI is InChI=1S/C12H12BrF3O2/c1-7(3-4-17)9-5-8(12(14,15)16)6-10(13)11(9)18-2/h4-7H,3H2,1-2H3. The Morgan fingerprint density at radius 1 is 1.44 bits per heavy atom. The minimum atomic E-state index is -4.43. The summed E-state index contributed by atoms with van der Waals surface area (Å²) in [6.45, 7) is 1.68. The van der Waals surface area contributed by atoms with E-state index in [1.165, 1.54) is 7.11 Å². The number of methoxy groups -OCH3 is 1. The summed E-state index contributed by atoms with van der Waals surface area (Å²) in [5.41, 5.74) is -0.394. The average Bonchev–Trinajstić information content (AvgIpc) is 2.27. The quantitative estimate of drug-likeness (QED) is 0.777. The number of hydrogen-bond acceptors (Lipinski definition) is 2. The van der Waals surface area contributed by atoms with Crippen molar-refractivity contribution in [2.24, 2.45) is 0 Å². The topological polar surface area (TPSA) is 26.3 Å². The van der Waals surface area contributed by atoms with E-state index in [-0.39, 0.29) is 16.8 Å². The molecule has 0 aliphatic carbocycles. The lowest BCUT2D eigenvalue weighted by Crippen LogP contribution is -2.08. The molecule has 1 aromatic carbocycles. The second-order valence-electron chi connectivity index (χ2n) is 3.88. The fourth-order valence-corrected chi connectivity index (χ4v) is 2.27. The van der Waals surface area contributed by atoms with Crippen LogP contribution in [0.3, 0.4) is 0 Å². The molecule has 0 N–H and O–H groups in total. The second kappa shape index (κ2) is 5.73. The summed E-state index contributed by atoms with van der Waals surface area (Å²) < 4.78 is 43.4. The maximum atomic E-state index is 12.7. The maximum absolute atomic E-state index is 12.7. The number of carbonyl (C=O) groups excluding carboxylic acids is 1. The van der Waals surface area contributed by atoms with Gasteiger partial charge in [0.1, 0.15) is 12.0 Å². The lowest BCUT2D eigenvalue weighted by Gasteiger charge is -2.18. The second-order valence-corrected chi connectivity index (χ2v) is 4.74. The van der Waals surface area contributed by atoms with Gasteiger partial charge in [-0.25, -0.2) is 0 Å². The first kappa shape index (κ1) is 15.0. The molecule has 0 aliphatic rings. The van der Waals surface area contributed by atoms with Crippen molar-refractivity contribution >= 4 is 22.2 Å². The number of alkyl halides is 3. The normalized spacial score (nSPS) is 13.2. The minimum absolute atomic E-state index is 0.143. The summed E-state index contributed by atoms with van der Waals surface area (Å²) in [5, 5.41) is 0. The highest BCUT2D eigenvalue weighted by molar-refractivity contribution is 9.10. The molecule has 0 bridgehead atoms. The van der Waals surface area contributed by atoms with Gasteiger partial charge in [0.15, 0.2) is 0 Å². The Morgan fingerprint density at radius 3 is 2.50 bits per heavy atom. The molecule has 1 aromatic rings. The van der Waals surface area contributed by atoms with E-state index in [0.29, 0.717) is 17.6 Å². The smallest absolute Gasteiger partial charge is 0.416 e. The van der Waals surface area contributed by atoms with E-state index in [1.54, 1.807) is 6.92 Å². The predicted molar refractivity (Wildman–Crippen MR) is 64.8 cm³/mol. The Labute approximate surface area is 111 Å². The number of ether oxygens (including phenoxy) is 1. The lowest BCUT2D eigenvalue weighted by molar-refractivity contribution is -0.137. The van der Waals surface area contributed by atoms with Gasteiger partial charge in [-0.15, -0.1) is 0 Å². The van der Waals surface area contributed by atoms with Gasteiger partial charge in [0.25, 0.3) is 0 Å². The Balaban J connectivity index is 3.36. The van der Waals surface area contributed by atoms with Crippen LogP contribution in [0.4, 0.5) is 13.2 Å². The van der Waals surface area contributed by atoms with Crippen molar-refractivity contribution < 1.29 is 22.7 Å². The van der Waals surface area contributed by atoms with Crippen molar-refractivity contribution in [2.75, 3.05) is 7.11 Å². The molecule has 0 spiro atoms. The van der Waals surface area contributed by atoms with Gasteiger partial charge in [0, 0.05) is 6.42 Å². The predicted octanol–water partition coefficient (Wildman–Crippen LogP) is 4.17. The minimum Gasteiger partial charge on any atom is -0.495 e. The summed E-state index contributed by atoms with van der Waals surface area (Å²) in [6.07, 6.45) is -3.60. The molecule has 0 amide bonds. The van der Waals surface area contributed by atoms with Gasteiger partial charge >= 0.3 is 6.18 Å². The van der Waals surface area contributed by atoms with Crippen molar-refractivity contribution in [1.82, 2.24) is 0 Å². The Morgan fingerprint density at radius 2 is 2.06 bits per heavy atom. The lowest BCUT2D eigenvalue weighted by atomic mass is 9.95. The first-order valence-electron chi connectivity index (χ1n) is 5.19. The van der Waals surface area contributed by atoms with Gasteiger partial charge in [-0.3, -0.25) is 0 Å². The molecule has 1 atom stereocenters. The molecule has 6 heteroatoms. The van der Waals surface area contributed by atoms with Crippen LogP contribution >= 0.6 is 15.9 Å². The van der Waals surface area contributed by atoms with E-state index >= 15 is 0 Å². The van der Waals surface area contributed by atoms with Crippen LogP contribution < -0.4 is 4.74 Å². The van der Waals surface area contributed by atoms with E-state index in [2.05, 4.69) is 15.9 Å². The first-order valence-corrected chi connectivity index (χ1v) is 5.98. The summed E-state index contributed by atoms with van der Waals surface area (Å²) >= 11 is 3.06. The van der Waals surface area contributed by atoms with Crippen molar-refractivity contribution in [3.63, 3.8) is 0 Å². The summed E-state index contributed by atoms with van der Waals surface area (Å²) in [4.78, 5) is 10.5. The summed E-state index contributed by atoms with van der Waals surface area (Å²) in [7, 11) is 1.38. The number of halogens is 4. The molecule has 0 aliphatic heterocycles. The molecule has 0 fully saturated rings. The first-order chi connectivity index (χ1) is 8.31. The van der Waals surface area contributed by atoms with E-state index < -0.39 is 11.7 Å². The molecule has 1 unspecified atom stereocenters. The van der Waals surface area contributed by atoms with Gasteiger partial charge in [0.2, 0.25) is 0 Å². The fourth-order valence-electron chi connectivity index (χ4n) is 1.63. The van der Waals surface area contributed by atoms with Crippen molar-refractivity contribution in [3.8, 4) is 5.75 Å². The Hall–Kier alpha value is -1.04. The van der Waals surface area contributed by atoms with Crippen LogP contribution in [0.1, 0.15) is 30.4 Å². The third-order valence-electron chi connectivity index (χ3n) is 2.58. The Kier molecular flexibility index (Phi) is 4.78. The number of rotatable bonds is 4. The van der Waals surface area contributed by atoms with Gasteiger partial charge in [-0.1, -0.05) is 6.92 Å². The highest BCUT2D eigenvalue weighted by Crippen LogP contribution is 2.40. The van der Waals surface area contributed by atoms with Gasteiger partial charge in [-0.2, -0.15) is 13.2 Å². The van der Waals surface area contributed by atoms with Crippen LogP contribution in [-0.4, -0.2) is 13.4 Å². The highest BCUT2D eigenvalue weighted by atomic mass is 79.9. The molecule has 0 saturated carbocycles. The largest absolute Gasteiger partial charge is 0.495 e. The molecule has 1 rings (SSSR count). The van der Waals surface area contributed by atoms with E-state index in [1.807, 2.05) is 0 Å². The van der Waals surface area contributed by atoms with E-state index in [0.717, 1.165) is 12.1 Å². The molecule has 0 saturated heterocycles. The average molecular weight is 325 g/mol. The van der Waals surface area contributed by atoms with Crippen LogP contribution in [-0.2, 0) is 11.0 Å². The van der Waals surface area contributed by atoms with E-state index in [9.17, 15) is 18.0 Å². The number of aldehydes is 1. The molecule has 100 valence electrons. The molecule has 18 heavy (non-hydrogen) atoms. The third kappa shape index (κ3) is 3.25. The molecule has 0 aromatic heterocycles. The molecule has 0 heterocycles. The summed E-state index contributed by atoms with van der Waals surface area (Å²) in [6, 6.07) is 1.99. The molecule has 2 nitrogen and oxygen atoms in total. The van der Waals surface area contributed by atoms with Gasteiger partial charge in [0.05, 0.1) is 17.1 Å². The van der Waals surface area contributed by atoms with Crippen LogP contribution in [0, 0.1) is 0 Å². The van der Waals surface area contributed by atoms with Gasteiger partial charge < -0.3 is 9.53 Å². The fraction of sp³-hybridized carbons (Fsp3) is 0.417. The number of benzene rings is 1. The monoisotopic (exact) mass is 324 g/mol.